The molecule has 6 nitrogen and oxygen atoms in total. The van der Waals surface area contributed by atoms with Crippen LogP contribution >= 0.6 is 11.3 Å². The van der Waals surface area contributed by atoms with Gasteiger partial charge < -0.3 is 15.5 Å². The summed E-state index contributed by atoms with van der Waals surface area (Å²) in [4.78, 5) is 30.1. The number of nitrogens with one attached hydrogen (secondary N) is 2. The molecule has 2 amide bonds. The van der Waals surface area contributed by atoms with E-state index in [4.69, 9.17) is 0 Å². The van der Waals surface area contributed by atoms with Crippen molar-refractivity contribution in [3.63, 3.8) is 0 Å². The van der Waals surface area contributed by atoms with E-state index in [1.54, 1.807) is 23.3 Å². The van der Waals surface area contributed by atoms with Crippen molar-refractivity contribution < 1.29 is 9.59 Å². The molecule has 2 N–H and O–H groups in total. The summed E-state index contributed by atoms with van der Waals surface area (Å²) in [7, 11) is 3.49. The van der Waals surface area contributed by atoms with E-state index >= 15 is 0 Å². The summed E-state index contributed by atoms with van der Waals surface area (Å²) in [5.74, 6) is 0.107. The third-order valence-corrected chi connectivity index (χ3v) is 5.90. The molecule has 158 valence electrons. The van der Waals surface area contributed by atoms with Gasteiger partial charge in [0.2, 0.25) is 5.91 Å². The van der Waals surface area contributed by atoms with E-state index in [0.717, 1.165) is 46.7 Å². The van der Waals surface area contributed by atoms with E-state index in [0.29, 0.717) is 18.5 Å². The van der Waals surface area contributed by atoms with Crippen molar-refractivity contribution in [2.24, 2.45) is 0 Å². The fourth-order valence-corrected chi connectivity index (χ4v) is 4.07. The topological polar surface area (TPSA) is 74.3 Å². The summed E-state index contributed by atoms with van der Waals surface area (Å²) in [5, 5.41) is 6.78. The SMILES string of the molecule is CNC(=O)CCCCCCN(C)C(=O)c1ccc(Nc2nc3ccccc3s2)cc1. The monoisotopic (exact) mass is 424 g/mol. The molecule has 0 bridgehead atoms. The van der Waals surface area contributed by atoms with E-state index < -0.39 is 0 Å². The number of rotatable bonds is 10. The minimum Gasteiger partial charge on any atom is -0.359 e. The molecule has 3 rings (SSSR count). The molecule has 0 spiro atoms. The van der Waals surface area contributed by atoms with Crippen LogP contribution in [0.5, 0.6) is 0 Å². The van der Waals surface area contributed by atoms with Crippen molar-refractivity contribution in [2.75, 3.05) is 26.0 Å². The number of unbranched alkanes of at least 4 members (excludes halogenated alkanes) is 3. The van der Waals surface area contributed by atoms with Crippen molar-refractivity contribution >= 4 is 44.2 Å². The fourth-order valence-electron chi connectivity index (χ4n) is 3.18. The lowest BCUT2D eigenvalue weighted by Crippen LogP contribution is -2.27. The van der Waals surface area contributed by atoms with Crippen LogP contribution in [0, 0.1) is 0 Å². The molecule has 0 aliphatic heterocycles. The Labute approximate surface area is 181 Å². The number of hydrogen-bond acceptors (Lipinski definition) is 5. The van der Waals surface area contributed by atoms with Gasteiger partial charge in [0, 0.05) is 38.3 Å². The second kappa shape index (κ2) is 10.7. The molecule has 7 heteroatoms. The molecule has 2 aromatic carbocycles. The number of hydrogen-bond donors (Lipinski definition) is 2. The highest BCUT2D eigenvalue weighted by Crippen LogP contribution is 2.28. The molecule has 1 aromatic heterocycles. The van der Waals surface area contributed by atoms with Gasteiger partial charge in [-0.15, -0.1) is 0 Å². The molecular formula is C23H28N4O2S. The van der Waals surface area contributed by atoms with Crippen LogP contribution in [-0.4, -0.2) is 42.3 Å². The lowest BCUT2D eigenvalue weighted by atomic mass is 10.1. The highest BCUT2D eigenvalue weighted by molar-refractivity contribution is 7.22. The number of thiazole rings is 1. The van der Waals surface area contributed by atoms with E-state index in [1.165, 1.54) is 0 Å². The molecule has 0 fully saturated rings. The second-order valence-corrected chi connectivity index (χ2v) is 8.28. The molecule has 0 unspecified atom stereocenters. The number of aromatic nitrogens is 1. The van der Waals surface area contributed by atoms with Crippen molar-refractivity contribution in [1.82, 2.24) is 15.2 Å². The largest absolute Gasteiger partial charge is 0.359 e. The number of benzene rings is 2. The summed E-state index contributed by atoms with van der Waals surface area (Å²) in [6, 6.07) is 15.5. The average Bonchev–Trinajstić information content (AvgIpc) is 3.18. The zero-order valence-corrected chi connectivity index (χ0v) is 18.3. The average molecular weight is 425 g/mol. The molecule has 0 aliphatic rings. The van der Waals surface area contributed by atoms with E-state index in [-0.39, 0.29) is 11.8 Å². The van der Waals surface area contributed by atoms with Crippen LogP contribution in [0.25, 0.3) is 10.2 Å². The number of amides is 2. The Morgan fingerprint density at radius 3 is 2.47 bits per heavy atom. The maximum Gasteiger partial charge on any atom is 0.253 e. The Morgan fingerprint density at radius 2 is 1.73 bits per heavy atom. The molecule has 0 aliphatic carbocycles. The first-order valence-corrected chi connectivity index (χ1v) is 11.1. The third-order valence-electron chi connectivity index (χ3n) is 4.95. The molecular weight excluding hydrogens is 396 g/mol. The number of carbonyl (C=O) groups excluding carboxylic acids is 2. The van der Waals surface area contributed by atoms with Gasteiger partial charge in [0.1, 0.15) is 0 Å². The maximum atomic E-state index is 12.6. The number of anilines is 2. The van der Waals surface area contributed by atoms with Crippen molar-refractivity contribution in [2.45, 2.75) is 32.1 Å². The van der Waals surface area contributed by atoms with E-state index in [9.17, 15) is 9.59 Å². The van der Waals surface area contributed by atoms with Gasteiger partial charge in [0.25, 0.3) is 5.91 Å². The molecule has 0 radical (unpaired) electrons. The predicted molar refractivity (Wildman–Crippen MR) is 123 cm³/mol. The Hall–Kier alpha value is -2.93. The highest BCUT2D eigenvalue weighted by Gasteiger charge is 2.11. The minimum atomic E-state index is 0.0203. The van der Waals surface area contributed by atoms with Crippen molar-refractivity contribution in [1.29, 1.82) is 0 Å². The standard InChI is InChI=1S/C23H28N4O2S/c1-24-21(28)11-5-3-4-8-16-27(2)22(29)17-12-14-18(15-13-17)25-23-26-19-9-6-7-10-20(19)30-23/h6-7,9-10,12-15H,3-5,8,11,16H2,1-2H3,(H,24,28)(H,25,26). The number of carbonyl (C=O) groups is 2. The van der Waals surface area contributed by atoms with Crippen LogP contribution in [0.3, 0.4) is 0 Å². The summed E-state index contributed by atoms with van der Waals surface area (Å²) in [6.45, 7) is 0.713. The van der Waals surface area contributed by atoms with Crippen LogP contribution < -0.4 is 10.6 Å². The van der Waals surface area contributed by atoms with Gasteiger partial charge in [-0.3, -0.25) is 9.59 Å². The third kappa shape index (κ3) is 6.03. The first-order valence-electron chi connectivity index (χ1n) is 10.3. The fraction of sp³-hybridized carbons (Fsp3) is 0.348. The number of para-hydroxylation sites is 1. The first-order chi connectivity index (χ1) is 14.6. The molecule has 0 atom stereocenters. The smallest absolute Gasteiger partial charge is 0.253 e. The van der Waals surface area contributed by atoms with Crippen LogP contribution in [0.4, 0.5) is 10.8 Å². The highest BCUT2D eigenvalue weighted by atomic mass is 32.1. The Balaban J connectivity index is 1.45. The Morgan fingerprint density at radius 1 is 1.00 bits per heavy atom. The van der Waals surface area contributed by atoms with Gasteiger partial charge in [-0.1, -0.05) is 36.3 Å². The lowest BCUT2D eigenvalue weighted by molar-refractivity contribution is -0.120. The zero-order chi connectivity index (χ0) is 21.3. The summed E-state index contributed by atoms with van der Waals surface area (Å²) in [5.41, 5.74) is 2.56. The Bertz CT molecular complexity index is 951. The molecule has 0 saturated carbocycles. The van der Waals surface area contributed by atoms with Crippen molar-refractivity contribution in [3.05, 3.63) is 54.1 Å². The number of nitrogens with zero attached hydrogens (tertiary/aromatic N) is 2. The van der Waals surface area contributed by atoms with Crippen LogP contribution in [0.1, 0.15) is 42.5 Å². The normalized spacial score (nSPS) is 10.7. The summed E-state index contributed by atoms with van der Waals surface area (Å²) < 4.78 is 1.14. The van der Waals surface area contributed by atoms with Crippen LogP contribution in [-0.2, 0) is 4.79 Å². The Kier molecular flexibility index (Phi) is 7.79. The summed E-state index contributed by atoms with van der Waals surface area (Å²) >= 11 is 1.61. The minimum absolute atomic E-state index is 0.0203. The van der Waals surface area contributed by atoms with Gasteiger partial charge in [-0.2, -0.15) is 0 Å². The van der Waals surface area contributed by atoms with Gasteiger partial charge in [0.15, 0.2) is 5.13 Å². The molecule has 30 heavy (non-hydrogen) atoms. The summed E-state index contributed by atoms with van der Waals surface area (Å²) in [6.07, 6.45) is 4.41. The van der Waals surface area contributed by atoms with Crippen LogP contribution in [0.15, 0.2) is 48.5 Å². The van der Waals surface area contributed by atoms with Gasteiger partial charge in [-0.25, -0.2) is 4.98 Å². The van der Waals surface area contributed by atoms with E-state index in [1.807, 2.05) is 49.5 Å². The van der Waals surface area contributed by atoms with Gasteiger partial charge in [0.05, 0.1) is 10.2 Å². The van der Waals surface area contributed by atoms with Crippen LogP contribution in [0.2, 0.25) is 0 Å². The second-order valence-electron chi connectivity index (χ2n) is 7.25. The lowest BCUT2D eigenvalue weighted by Gasteiger charge is -2.17. The van der Waals surface area contributed by atoms with Crippen molar-refractivity contribution in [3.8, 4) is 0 Å². The number of fused-ring (bicyclic) bond motifs is 1. The first kappa shape index (κ1) is 21.8. The van der Waals surface area contributed by atoms with Gasteiger partial charge in [-0.05, 0) is 49.2 Å². The quantitative estimate of drug-likeness (QED) is 0.458. The maximum absolute atomic E-state index is 12.6. The molecule has 0 saturated heterocycles. The predicted octanol–water partition coefficient (Wildman–Crippen LogP) is 4.81. The van der Waals surface area contributed by atoms with E-state index in [2.05, 4.69) is 21.7 Å². The zero-order valence-electron chi connectivity index (χ0n) is 17.5. The molecule has 3 aromatic rings. The molecule has 1 heterocycles. The van der Waals surface area contributed by atoms with Gasteiger partial charge >= 0.3 is 0 Å².